The molecule has 4 rings (SSSR count). The van der Waals surface area contributed by atoms with Gasteiger partial charge in [0.05, 0.1) is 24.9 Å². The van der Waals surface area contributed by atoms with Gasteiger partial charge in [0, 0.05) is 37.1 Å². The van der Waals surface area contributed by atoms with Crippen molar-refractivity contribution < 1.29 is 19.0 Å². The van der Waals surface area contributed by atoms with Crippen molar-refractivity contribution in [3.8, 4) is 22.8 Å². The molecule has 7 nitrogen and oxygen atoms in total. The number of nitrogens with zero attached hydrogens (tertiary/aromatic N) is 3. The lowest BCUT2D eigenvalue weighted by atomic mass is 10.0. The Balaban J connectivity index is 1.59. The van der Waals surface area contributed by atoms with E-state index in [-0.39, 0.29) is 6.09 Å². The summed E-state index contributed by atoms with van der Waals surface area (Å²) in [4.78, 5) is 18.8. The number of hydrogen-bond acceptors (Lipinski definition) is 5. The Morgan fingerprint density at radius 3 is 2.52 bits per heavy atom. The molecule has 0 saturated carbocycles. The van der Waals surface area contributed by atoms with Crippen molar-refractivity contribution in [2.75, 3.05) is 27.3 Å². The molecule has 3 aromatic rings. The lowest BCUT2D eigenvalue weighted by Crippen LogP contribution is -2.39. The Morgan fingerprint density at radius 2 is 1.88 bits per heavy atom. The molecule has 1 aliphatic heterocycles. The number of carbonyl (C=O) groups is 1. The molecule has 0 atom stereocenters. The summed E-state index contributed by atoms with van der Waals surface area (Å²) in [6, 6.07) is 7.68. The smallest absolute Gasteiger partial charge is 0.410 e. The summed E-state index contributed by atoms with van der Waals surface area (Å²) in [6.45, 7) is 6.77. The van der Waals surface area contributed by atoms with Gasteiger partial charge in [0.25, 0.3) is 0 Å². The first-order valence-electron chi connectivity index (χ1n) is 10.8. The second-order valence-electron chi connectivity index (χ2n) is 8.90. The van der Waals surface area contributed by atoms with Crippen LogP contribution in [0.15, 0.2) is 42.7 Å². The molecule has 1 amide bonds. The number of halogens is 1. The van der Waals surface area contributed by atoms with Crippen LogP contribution in [0.1, 0.15) is 32.8 Å². The van der Waals surface area contributed by atoms with Gasteiger partial charge < -0.3 is 23.5 Å². The molecule has 1 aromatic carbocycles. The first-order valence-corrected chi connectivity index (χ1v) is 11.1. The van der Waals surface area contributed by atoms with Crippen molar-refractivity contribution in [3.63, 3.8) is 0 Å². The van der Waals surface area contributed by atoms with Crippen LogP contribution in [-0.2, 0) is 4.74 Å². The van der Waals surface area contributed by atoms with Crippen molar-refractivity contribution in [1.82, 2.24) is 14.3 Å². The van der Waals surface area contributed by atoms with Gasteiger partial charge in [-0.15, -0.1) is 0 Å². The second kappa shape index (κ2) is 8.98. The third-order valence-corrected chi connectivity index (χ3v) is 5.74. The molecular weight excluding hydrogens is 442 g/mol. The molecule has 8 heteroatoms. The van der Waals surface area contributed by atoms with E-state index < -0.39 is 5.60 Å². The quantitative estimate of drug-likeness (QED) is 0.490. The number of imidazole rings is 1. The summed E-state index contributed by atoms with van der Waals surface area (Å²) in [5.74, 6) is 1.19. The summed E-state index contributed by atoms with van der Waals surface area (Å²) in [7, 11) is 3.18. The molecule has 33 heavy (non-hydrogen) atoms. The Morgan fingerprint density at radius 1 is 1.12 bits per heavy atom. The molecule has 0 aliphatic carbocycles. The normalized spacial score (nSPS) is 14.2. The van der Waals surface area contributed by atoms with Gasteiger partial charge in [-0.05, 0) is 56.5 Å². The predicted molar refractivity (Wildman–Crippen MR) is 129 cm³/mol. The van der Waals surface area contributed by atoms with Gasteiger partial charge in [-0.2, -0.15) is 0 Å². The van der Waals surface area contributed by atoms with Crippen LogP contribution < -0.4 is 9.47 Å². The molecular formula is C25H28ClN3O4. The fraction of sp³-hybridized carbons (Fsp3) is 0.360. The molecule has 0 fully saturated rings. The number of aromatic nitrogens is 2. The highest BCUT2D eigenvalue weighted by molar-refractivity contribution is 6.32. The van der Waals surface area contributed by atoms with Gasteiger partial charge >= 0.3 is 6.09 Å². The lowest BCUT2D eigenvalue weighted by Gasteiger charge is -2.29. The van der Waals surface area contributed by atoms with Crippen LogP contribution in [0, 0.1) is 0 Å². The molecule has 2 aromatic heterocycles. The summed E-state index contributed by atoms with van der Waals surface area (Å²) in [6.07, 6.45) is 6.48. The van der Waals surface area contributed by atoms with Crippen LogP contribution in [0.2, 0.25) is 5.02 Å². The molecule has 174 valence electrons. The van der Waals surface area contributed by atoms with Crippen LogP contribution in [0.3, 0.4) is 0 Å². The third kappa shape index (κ3) is 4.93. The van der Waals surface area contributed by atoms with E-state index in [2.05, 4.69) is 18.2 Å². The molecule has 0 unspecified atom stereocenters. The van der Waals surface area contributed by atoms with E-state index in [9.17, 15) is 4.79 Å². The first kappa shape index (κ1) is 23.0. The third-order valence-electron chi connectivity index (χ3n) is 5.44. The molecule has 0 radical (unpaired) electrons. The highest BCUT2D eigenvalue weighted by atomic mass is 35.5. The van der Waals surface area contributed by atoms with E-state index in [1.54, 1.807) is 31.3 Å². The van der Waals surface area contributed by atoms with E-state index in [0.717, 1.165) is 28.9 Å². The zero-order valence-corrected chi connectivity index (χ0v) is 20.3. The van der Waals surface area contributed by atoms with Gasteiger partial charge in [-0.1, -0.05) is 17.7 Å². The number of methoxy groups -OCH3 is 2. The SMILES string of the molecule is COc1cc(OC)c(-c2cn3ccc(C4=CCN(C(=O)OC(C)(C)C)CC4)cc3n2)cc1Cl. The van der Waals surface area contributed by atoms with Gasteiger partial charge in [0.2, 0.25) is 0 Å². The summed E-state index contributed by atoms with van der Waals surface area (Å²) < 4.78 is 18.3. The molecule has 3 heterocycles. The maximum absolute atomic E-state index is 12.3. The van der Waals surface area contributed by atoms with Crippen LogP contribution in [0.5, 0.6) is 11.5 Å². The largest absolute Gasteiger partial charge is 0.496 e. The van der Waals surface area contributed by atoms with Crippen molar-refractivity contribution in [1.29, 1.82) is 0 Å². The van der Waals surface area contributed by atoms with Gasteiger partial charge in [0.1, 0.15) is 22.7 Å². The number of hydrogen-bond donors (Lipinski definition) is 0. The predicted octanol–water partition coefficient (Wildman–Crippen LogP) is 5.70. The van der Waals surface area contributed by atoms with Crippen LogP contribution in [0.4, 0.5) is 4.79 Å². The fourth-order valence-corrected chi connectivity index (χ4v) is 4.04. The average molecular weight is 470 g/mol. The number of amides is 1. The van der Waals surface area contributed by atoms with Gasteiger partial charge in [0.15, 0.2) is 0 Å². The standard InChI is InChI=1S/C25H28ClN3O4/c1-25(2,3)33-24(30)28-9-6-16(7-10-28)17-8-11-29-15-20(27-23(29)12-17)18-13-19(26)22(32-5)14-21(18)31-4/h6,8,11-15H,7,9-10H2,1-5H3. The molecule has 0 saturated heterocycles. The maximum Gasteiger partial charge on any atom is 0.410 e. The number of ether oxygens (including phenoxy) is 3. The molecule has 0 spiro atoms. The highest BCUT2D eigenvalue weighted by Crippen LogP contribution is 2.38. The van der Waals surface area contributed by atoms with E-state index >= 15 is 0 Å². The minimum atomic E-state index is -0.499. The number of rotatable bonds is 4. The van der Waals surface area contributed by atoms with E-state index in [4.69, 9.17) is 30.8 Å². The second-order valence-corrected chi connectivity index (χ2v) is 9.31. The van der Waals surface area contributed by atoms with E-state index in [1.165, 1.54) is 5.57 Å². The van der Waals surface area contributed by atoms with Gasteiger partial charge in [-0.3, -0.25) is 0 Å². The Kier molecular flexibility index (Phi) is 6.26. The van der Waals surface area contributed by atoms with Crippen molar-refractivity contribution in [2.45, 2.75) is 32.8 Å². The van der Waals surface area contributed by atoms with E-state index in [1.807, 2.05) is 37.6 Å². The summed E-state index contributed by atoms with van der Waals surface area (Å²) >= 11 is 6.34. The Bertz CT molecular complexity index is 1230. The Hall–Kier alpha value is -3.19. The highest BCUT2D eigenvalue weighted by Gasteiger charge is 2.24. The maximum atomic E-state index is 12.3. The number of pyridine rings is 1. The topological polar surface area (TPSA) is 65.3 Å². The van der Waals surface area contributed by atoms with Crippen LogP contribution >= 0.6 is 11.6 Å². The fourth-order valence-electron chi connectivity index (χ4n) is 3.80. The van der Waals surface area contributed by atoms with Gasteiger partial charge in [-0.25, -0.2) is 9.78 Å². The van der Waals surface area contributed by atoms with E-state index in [0.29, 0.717) is 29.6 Å². The van der Waals surface area contributed by atoms with Crippen LogP contribution in [0.25, 0.3) is 22.5 Å². The van der Waals surface area contributed by atoms with Crippen molar-refractivity contribution in [2.24, 2.45) is 0 Å². The average Bonchev–Trinajstić information content (AvgIpc) is 3.21. The minimum Gasteiger partial charge on any atom is -0.496 e. The minimum absolute atomic E-state index is 0.279. The Labute approximate surface area is 198 Å². The number of carbonyl (C=O) groups excluding carboxylic acids is 1. The lowest BCUT2D eigenvalue weighted by molar-refractivity contribution is 0.0270. The molecule has 0 bridgehead atoms. The monoisotopic (exact) mass is 469 g/mol. The van der Waals surface area contributed by atoms with Crippen molar-refractivity contribution >= 4 is 28.9 Å². The van der Waals surface area contributed by atoms with Crippen molar-refractivity contribution in [3.05, 3.63) is 53.3 Å². The molecule has 0 N–H and O–H groups in total. The number of benzene rings is 1. The zero-order valence-electron chi connectivity index (χ0n) is 19.5. The summed E-state index contributed by atoms with van der Waals surface area (Å²) in [5.41, 5.74) is 4.13. The number of fused-ring (bicyclic) bond motifs is 1. The zero-order chi connectivity index (χ0) is 23.8. The van der Waals surface area contributed by atoms with Crippen LogP contribution in [-0.4, -0.2) is 53.3 Å². The first-order chi connectivity index (χ1) is 15.7. The summed E-state index contributed by atoms with van der Waals surface area (Å²) in [5, 5.41) is 0.493. The molecule has 1 aliphatic rings.